The zero-order valence-corrected chi connectivity index (χ0v) is 10.00. The molecule has 0 aromatic carbocycles. The maximum Gasteiger partial charge on any atom is 0.305 e. The number of carbonyl (C=O) groups is 1. The fourth-order valence-electron chi connectivity index (χ4n) is 1.97. The Morgan fingerprint density at radius 1 is 1.40 bits per heavy atom. The summed E-state index contributed by atoms with van der Waals surface area (Å²) in [5.74, 6) is 0.828. The molecule has 88 valence electrons. The third-order valence-corrected chi connectivity index (χ3v) is 3.04. The predicted octanol–water partition coefficient (Wildman–Crippen LogP) is 2.06. The van der Waals surface area contributed by atoms with Crippen LogP contribution >= 0.6 is 0 Å². The number of ether oxygens (including phenoxy) is 1. The van der Waals surface area contributed by atoms with Gasteiger partial charge >= 0.3 is 5.97 Å². The maximum absolute atomic E-state index is 11.1. The number of esters is 1. The lowest BCUT2D eigenvalue weighted by Gasteiger charge is -2.29. The molecule has 0 bridgehead atoms. The number of hydrogen-bond donors (Lipinski definition) is 0. The minimum atomic E-state index is -0.0529. The van der Waals surface area contributed by atoms with E-state index in [1.165, 1.54) is 25.9 Å². The van der Waals surface area contributed by atoms with Crippen LogP contribution in [0.25, 0.3) is 0 Å². The Morgan fingerprint density at radius 2 is 2.07 bits per heavy atom. The second kappa shape index (κ2) is 6.83. The summed E-state index contributed by atoms with van der Waals surface area (Å²) >= 11 is 0. The van der Waals surface area contributed by atoms with Crippen LogP contribution in [0.15, 0.2) is 0 Å². The Balaban J connectivity index is 2.02. The van der Waals surface area contributed by atoms with E-state index < -0.39 is 0 Å². The molecule has 0 N–H and O–H groups in total. The number of carbonyl (C=O) groups excluding carboxylic acids is 1. The van der Waals surface area contributed by atoms with Crippen molar-refractivity contribution in [2.75, 3.05) is 26.2 Å². The number of hydrogen-bond acceptors (Lipinski definition) is 3. The summed E-state index contributed by atoms with van der Waals surface area (Å²) in [6.45, 7) is 8.11. The molecule has 1 fully saturated rings. The first-order valence-electron chi connectivity index (χ1n) is 6.10. The minimum Gasteiger partial charge on any atom is -0.466 e. The normalized spacial score (nSPS) is 19.1. The standard InChI is InChI=1S/C12H23NO2/c1-3-15-12(14)5-4-8-13-9-6-11(2)7-10-13/h11H,3-10H2,1-2H3. The largest absolute Gasteiger partial charge is 0.466 e. The van der Waals surface area contributed by atoms with Crippen molar-refractivity contribution >= 4 is 5.97 Å². The van der Waals surface area contributed by atoms with Crippen molar-refractivity contribution in [3.05, 3.63) is 0 Å². The zero-order chi connectivity index (χ0) is 11.1. The first kappa shape index (κ1) is 12.5. The van der Waals surface area contributed by atoms with Gasteiger partial charge in [0, 0.05) is 6.42 Å². The van der Waals surface area contributed by atoms with Gasteiger partial charge in [0.2, 0.25) is 0 Å². The van der Waals surface area contributed by atoms with Crippen molar-refractivity contribution in [1.82, 2.24) is 4.90 Å². The molecule has 1 aliphatic heterocycles. The molecule has 3 nitrogen and oxygen atoms in total. The number of rotatable bonds is 5. The highest BCUT2D eigenvalue weighted by Crippen LogP contribution is 2.16. The van der Waals surface area contributed by atoms with Crippen LogP contribution < -0.4 is 0 Å². The van der Waals surface area contributed by atoms with Gasteiger partial charge in [0.1, 0.15) is 0 Å². The molecule has 0 radical (unpaired) electrons. The average Bonchev–Trinajstić information content (AvgIpc) is 2.21. The summed E-state index contributed by atoms with van der Waals surface area (Å²) < 4.78 is 4.89. The zero-order valence-electron chi connectivity index (χ0n) is 10.00. The summed E-state index contributed by atoms with van der Waals surface area (Å²) in [5.41, 5.74) is 0. The van der Waals surface area contributed by atoms with Crippen LogP contribution in [0.5, 0.6) is 0 Å². The van der Waals surface area contributed by atoms with Crippen LogP contribution in [0.4, 0.5) is 0 Å². The van der Waals surface area contributed by atoms with Gasteiger partial charge in [-0.25, -0.2) is 0 Å². The van der Waals surface area contributed by atoms with Gasteiger partial charge in [-0.2, -0.15) is 0 Å². The lowest BCUT2D eigenvalue weighted by atomic mass is 9.99. The molecule has 15 heavy (non-hydrogen) atoms. The minimum absolute atomic E-state index is 0.0529. The molecule has 1 aliphatic rings. The maximum atomic E-state index is 11.1. The molecule has 0 amide bonds. The molecular formula is C12H23NO2. The number of piperidine rings is 1. The SMILES string of the molecule is CCOC(=O)CCCN1CCC(C)CC1. The van der Waals surface area contributed by atoms with Crippen LogP contribution in [0, 0.1) is 5.92 Å². The van der Waals surface area contributed by atoms with E-state index in [0.29, 0.717) is 13.0 Å². The molecule has 0 aliphatic carbocycles. The Bertz CT molecular complexity index is 186. The molecule has 1 saturated heterocycles. The smallest absolute Gasteiger partial charge is 0.305 e. The van der Waals surface area contributed by atoms with Crippen LogP contribution in [0.3, 0.4) is 0 Å². The van der Waals surface area contributed by atoms with E-state index in [1.807, 2.05) is 6.92 Å². The molecule has 1 rings (SSSR count). The van der Waals surface area contributed by atoms with E-state index in [1.54, 1.807) is 0 Å². The van der Waals surface area contributed by atoms with Crippen molar-refractivity contribution in [3.63, 3.8) is 0 Å². The Kier molecular flexibility index (Phi) is 5.69. The molecule has 0 aromatic rings. The molecule has 0 spiro atoms. The third-order valence-electron chi connectivity index (χ3n) is 3.04. The Morgan fingerprint density at radius 3 is 2.67 bits per heavy atom. The van der Waals surface area contributed by atoms with Crippen molar-refractivity contribution < 1.29 is 9.53 Å². The second-order valence-corrected chi connectivity index (χ2v) is 4.43. The fourth-order valence-corrected chi connectivity index (χ4v) is 1.97. The van der Waals surface area contributed by atoms with E-state index >= 15 is 0 Å². The summed E-state index contributed by atoms with van der Waals surface area (Å²) in [6.07, 6.45) is 4.12. The molecular weight excluding hydrogens is 190 g/mol. The van der Waals surface area contributed by atoms with Crippen molar-refractivity contribution in [3.8, 4) is 0 Å². The van der Waals surface area contributed by atoms with Gasteiger partial charge < -0.3 is 9.64 Å². The predicted molar refractivity (Wildman–Crippen MR) is 60.7 cm³/mol. The van der Waals surface area contributed by atoms with Crippen molar-refractivity contribution in [2.24, 2.45) is 5.92 Å². The average molecular weight is 213 g/mol. The van der Waals surface area contributed by atoms with Gasteiger partial charge in [0.25, 0.3) is 0 Å². The van der Waals surface area contributed by atoms with Crippen molar-refractivity contribution in [2.45, 2.75) is 39.5 Å². The molecule has 3 heteroatoms. The molecule has 1 heterocycles. The summed E-state index contributed by atoms with van der Waals surface area (Å²) in [4.78, 5) is 13.6. The summed E-state index contributed by atoms with van der Waals surface area (Å²) in [6, 6.07) is 0. The molecule has 0 aromatic heterocycles. The highest BCUT2D eigenvalue weighted by Gasteiger charge is 2.15. The van der Waals surface area contributed by atoms with E-state index in [0.717, 1.165) is 18.9 Å². The van der Waals surface area contributed by atoms with Gasteiger partial charge in [-0.1, -0.05) is 6.92 Å². The van der Waals surface area contributed by atoms with Gasteiger partial charge in [0.15, 0.2) is 0 Å². The molecule has 0 saturated carbocycles. The second-order valence-electron chi connectivity index (χ2n) is 4.43. The first-order valence-corrected chi connectivity index (χ1v) is 6.10. The third kappa shape index (κ3) is 5.17. The van der Waals surface area contributed by atoms with Crippen molar-refractivity contribution in [1.29, 1.82) is 0 Å². The van der Waals surface area contributed by atoms with Gasteiger partial charge in [-0.15, -0.1) is 0 Å². The van der Waals surface area contributed by atoms with E-state index in [9.17, 15) is 4.79 Å². The lowest BCUT2D eigenvalue weighted by Crippen LogP contribution is -2.33. The Labute approximate surface area is 92.8 Å². The number of nitrogens with zero attached hydrogens (tertiary/aromatic N) is 1. The van der Waals surface area contributed by atoms with E-state index in [4.69, 9.17) is 4.74 Å². The van der Waals surface area contributed by atoms with Crippen LogP contribution in [0.2, 0.25) is 0 Å². The highest BCUT2D eigenvalue weighted by atomic mass is 16.5. The summed E-state index contributed by atoms with van der Waals surface area (Å²) in [5, 5.41) is 0. The highest BCUT2D eigenvalue weighted by molar-refractivity contribution is 5.69. The Hall–Kier alpha value is -0.570. The van der Waals surface area contributed by atoms with Crippen LogP contribution in [0.1, 0.15) is 39.5 Å². The molecule has 0 atom stereocenters. The quantitative estimate of drug-likeness (QED) is 0.655. The van der Waals surface area contributed by atoms with E-state index in [-0.39, 0.29) is 5.97 Å². The fraction of sp³-hybridized carbons (Fsp3) is 0.917. The monoisotopic (exact) mass is 213 g/mol. The number of likely N-dealkylation sites (tertiary alicyclic amines) is 1. The van der Waals surface area contributed by atoms with Gasteiger partial charge in [-0.3, -0.25) is 4.79 Å². The van der Waals surface area contributed by atoms with Gasteiger partial charge in [-0.05, 0) is 51.7 Å². The van der Waals surface area contributed by atoms with Gasteiger partial charge in [0.05, 0.1) is 6.61 Å². The van der Waals surface area contributed by atoms with Crippen LogP contribution in [-0.2, 0) is 9.53 Å². The summed E-state index contributed by atoms with van der Waals surface area (Å²) in [7, 11) is 0. The lowest BCUT2D eigenvalue weighted by molar-refractivity contribution is -0.143. The van der Waals surface area contributed by atoms with Crippen LogP contribution in [-0.4, -0.2) is 37.1 Å². The topological polar surface area (TPSA) is 29.5 Å². The van der Waals surface area contributed by atoms with E-state index in [2.05, 4.69) is 11.8 Å². The molecule has 0 unspecified atom stereocenters. The first-order chi connectivity index (χ1) is 7.22.